The summed E-state index contributed by atoms with van der Waals surface area (Å²) in [7, 11) is 0. The van der Waals surface area contributed by atoms with Crippen LogP contribution in [-0.4, -0.2) is 24.1 Å². The van der Waals surface area contributed by atoms with Gasteiger partial charge < -0.3 is 10.2 Å². The molecule has 0 saturated carbocycles. The number of para-hydroxylation sites is 1. The molecule has 1 saturated heterocycles. The lowest BCUT2D eigenvalue weighted by atomic mass is 10.1. The fourth-order valence-electron chi connectivity index (χ4n) is 3.10. The molecule has 4 nitrogen and oxygen atoms in total. The lowest BCUT2D eigenvalue weighted by molar-refractivity contribution is -0.113. The second-order valence-electron chi connectivity index (χ2n) is 6.18. The smallest absolute Gasteiger partial charge is 0.281 e. The summed E-state index contributed by atoms with van der Waals surface area (Å²) in [5.74, 6) is -0.128. The zero-order chi connectivity index (χ0) is 18.7. The molecule has 1 aliphatic heterocycles. The highest BCUT2D eigenvalue weighted by atomic mass is 32.1. The van der Waals surface area contributed by atoms with E-state index in [4.69, 9.17) is 12.2 Å². The van der Waals surface area contributed by atoms with Crippen molar-refractivity contribution in [3.63, 3.8) is 0 Å². The highest BCUT2D eigenvalue weighted by molar-refractivity contribution is 7.80. The highest BCUT2D eigenvalue weighted by Gasteiger charge is 2.32. The van der Waals surface area contributed by atoms with Crippen LogP contribution in [0.5, 0.6) is 0 Å². The molecule has 2 aromatic rings. The van der Waals surface area contributed by atoms with Crippen molar-refractivity contribution in [2.75, 3.05) is 22.9 Å². The molecule has 26 heavy (non-hydrogen) atoms. The van der Waals surface area contributed by atoms with E-state index in [1.165, 1.54) is 5.69 Å². The number of aryl methyl sites for hydroxylation is 1. The number of carbonyl (C=O) groups is 1. The van der Waals surface area contributed by atoms with Gasteiger partial charge in [-0.1, -0.05) is 30.3 Å². The van der Waals surface area contributed by atoms with E-state index >= 15 is 0 Å². The Balaban J connectivity index is 1.85. The number of nitrogens with zero attached hydrogens (tertiary/aromatic N) is 2. The van der Waals surface area contributed by atoms with Crippen LogP contribution in [-0.2, 0) is 4.79 Å². The number of hydrogen-bond acceptors (Lipinski definition) is 3. The second kappa shape index (κ2) is 7.70. The first kappa shape index (κ1) is 18.1. The van der Waals surface area contributed by atoms with Crippen molar-refractivity contribution in [2.45, 2.75) is 20.8 Å². The van der Waals surface area contributed by atoms with Crippen LogP contribution in [0.2, 0.25) is 0 Å². The minimum atomic E-state index is -0.128. The van der Waals surface area contributed by atoms with Crippen LogP contribution < -0.4 is 15.1 Å². The Morgan fingerprint density at radius 2 is 1.73 bits per heavy atom. The first-order valence-electron chi connectivity index (χ1n) is 8.83. The fourth-order valence-corrected chi connectivity index (χ4v) is 3.40. The minimum absolute atomic E-state index is 0.128. The van der Waals surface area contributed by atoms with Crippen molar-refractivity contribution in [2.24, 2.45) is 0 Å². The normalized spacial score (nSPS) is 15.5. The van der Waals surface area contributed by atoms with E-state index in [2.05, 4.69) is 36.2 Å². The number of nitrogens with one attached hydrogen (secondary N) is 1. The fraction of sp³-hybridized carbons (Fsp3) is 0.238. The molecule has 0 bridgehead atoms. The first-order valence-corrected chi connectivity index (χ1v) is 9.23. The minimum Gasteiger partial charge on any atom is -0.372 e. The van der Waals surface area contributed by atoms with E-state index in [0.29, 0.717) is 10.8 Å². The molecule has 1 heterocycles. The van der Waals surface area contributed by atoms with Crippen molar-refractivity contribution in [3.05, 3.63) is 65.4 Å². The Bertz CT molecular complexity index is 854. The summed E-state index contributed by atoms with van der Waals surface area (Å²) in [5.41, 5.74) is 4.46. The van der Waals surface area contributed by atoms with Crippen LogP contribution in [0, 0.1) is 6.92 Å². The van der Waals surface area contributed by atoms with Gasteiger partial charge >= 0.3 is 0 Å². The monoisotopic (exact) mass is 365 g/mol. The molecule has 1 fully saturated rings. The molecule has 0 aromatic heterocycles. The van der Waals surface area contributed by atoms with E-state index < -0.39 is 0 Å². The maximum Gasteiger partial charge on any atom is 0.281 e. The summed E-state index contributed by atoms with van der Waals surface area (Å²) in [4.78, 5) is 16.7. The first-order chi connectivity index (χ1) is 12.5. The Hall–Kier alpha value is -2.66. The van der Waals surface area contributed by atoms with Gasteiger partial charge in [-0.15, -0.1) is 0 Å². The van der Waals surface area contributed by atoms with Crippen molar-refractivity contribution in [1.82, 2.24) is 5.32 Å². The third-order valence-corrected chi connectivity index (χ3v) is 4.85. The molecule has 1 amide bonds. The number of hydrogen-bond donors (Lipinski definition) is 1. The van der Waals surface area contributed by atoms with Gasteiger partial charge in [0.25, 0.3) is 5.91 Å². The predicted octanol–water partition coefficient (Wildman–Crippen LogP) is 4.10. The van der Waals surface area contributed by atoms with Gasteiger partial charge in [0.15, 0.2) is 5.11 Å². The Labute approximate surface area is 160 Å². The maximum absolute atomic E-state index is 12.8. The molecule has 0 aliphatic carbocycles. The number of thiocarbonyl (C=S) groups is 1. The van der Waals surface area contributed by atoms with Gasteiger partial charge in [0.2, 0.25) is 0 Å². The van der Waals surface area contributed by atoms with Gasteiger partial charge in [0.1, 0.15) is 5.70 Å². The van der Waals surface area contributed by atoms with E-state index in [9.17, 15) is 4.79 Å². The zero-order valence-corrected chi connectivity index (χ0v) is 16.1. The molecule has 1 N–H and O–H groups in total. The number of anilines is 2. The van der Waals surface area contributed by atoms with Gasteiger partial charge in [-0.2, -0.15) is 0 Å². The number of amides is 1. The zero-order valence-electron chi connectivity index (χ0n) is 15.3. The van der Waals surface area contributed by atoms with Crippen LogP contribution in [0.3, 0.4) is 0 Å². The van der Waals surface area contributed by atoms with Crippen molar-refractivity contribution in [1.29, 1.82) is 0 Å². The molecule has 0 radical (unpaired) electrons. The summed E-state index contributed by atoms with van der Waals surface area (Å²) in [5, 5.41) is 3.46. The maximum atomic E-state index is 12.8. The molecule has 2 aromatic carbocycles. The van der Waals surface area contributed by atoms with Gasteiger partial charge in [0.05, 0.1) is 5.69 Å². The average molecular weight is 366 g/mol. The third kappa shape index (κ3) is 3.48. The number of rotatable bonds is 5. The predicted molar refractivity (Wildman–Crippen MR) is 112 cm³/mol. The lowest BCUT2D eigenvalue weighted by Crippen LogP contribution is -2.30. The van der Waals surface area contributed by atoms with Crippen LogP contribution in [0.1, 0.15) is 25.0 Å². The third-order valence-electron chi connectivity index (χ3n) is 4.57. The van der Waals surface area contributed by atoms with Crippen molar-refractivity contribution >= 4 is 40.7 Å². The molecule has 3 rings (SSSR count). The highest BCUT2D eigenvalue weighted by Crippen LogP contribution is 2.26. The van der Waals surface area contributed by atoms with E-state index in [1.807, 2.05) is 49.4 Å². The molecule has 5 heteroatoms. The Morgan fingerprint density at radius 3 is 2.35 bits per heavy atom. The van der Waals surface area contributed by atoms with E-state index in [0.717, 1.165) is 29.9 Å². The average Bonchev–Trinajstić information content (AvgIpc) is 2.91. The van der Waals surface area contributed by atoms with Gasteiger partial charge in [-0.25, -0.2) is 0 Å². The van der Waals surface area contributed by atoms with Crippen LogP contribution in [0.4, 0.5) is 11.4 Å². The SMILES string of the molecule is CCN(CC)c1ccc(/C=C2\NC(=S)N(c3ccccc3C)C2=O)cc1. The summed E-state index contributed by atoms with van der Waals surface area (Å²) < 4.78 is 0. The molecule has 1 aliphatic rings. The number of carbonyl (C=O) groups excluding carboxylic acids is 1. The number of benzene rings is 2. The molecular formula is C21H23N3OS. The van der Waals surface area contributed by atoms with E-state index in [1.54, 1.807) is 4.90 Å². The Morgan fingerprint density at radius 1 is 1.08 bits per heavy atom. The van der Waals surface area contributed by atoms with Gasteiger partial charge in [-0.3, -0.25) is 9.69 Å². The second-order valence-corrected chi connectivity index (χ2v) is 6.57. The summed E-state index contributed by atoms with van der Waals surface area (Å²) in [6.45, 7) is 8.19. The van der Waals surface area contributed by atoms with E-state index in [-0.39, 0.29) is 5.91 Å². The van der Waals surface area contributed by atoms with Crippen LogP contribution in [0.25, 0.3) is 6.08 Å². The summed E-state index contributed by atoms with van der Waals surface area (Å²) in [6, 6.07) is 15.9. The van der Waals surface area contributed by atoms with Crippen molar-refractivity contribution in [3.8, 4) is 0 Å². The molecule has 0 atom stereocenters. The molecular weight excluding hydrogens is 342 g/mol. The van der Waals surface area contributed by atoms with Crippen molar-refractivity contribution < 1.29 is 4.79 Å². The van der Waals surface area contributed by atoms with Gasteiger partial charge in [-0.05, 0) is 68.4 Å². The Kier molecular flexibility index (Phi) is 5.38. The standard InChI is InChI=1S/C21H23N3OS/c1-4-23(5-2)17-12-10-16(11-13-17)14-18-20(25)24(21(26)22-18)19-9-7-6-8-15(19)3/h6-14H,4-5H2,1-3H3,(H,22,26)/b18-14-. The topological polar surface area (TPSA) is 35.6 Å². The molecule has 134 valence electrons. The molecule has 0 spiro atoms. The quantitative estimate of drug-likeness (QED) is 0.639. The van der Waals surface area contributed by atoms with Crippen LogP contribution in [0.15, 0.2) is 54.2 Å². The largest absolute Gasteiger partial charge is 0.372 e. The molecule has 0 unspecified atom stereocenters. The van der Waals surface area contributed by atoms with Crippen LogP contribution >= 0.6 is 12.2 Å². The lowest BCUT2D eigenvalue weighted by Gasteiger charge is -2.20. The summed E-state index contributed by atoms with van der Waals surface area (Å²) in [6.07, 6.45) is 1.85. The van der Waals surface area contributed by atoms with Gasteiger partial charge in [0, 0.05) is 18.8 Å². The summed E-state index contributed by atoms with van der Waals surface area (Å²) >= 11 is 5.39.